The van der Waals surface area contributed by atoms with Crippen LogP contribution in [0.2, 0.25) is 0 Å². The Morgan fingerprint density at radius 2 is 1.54 bits per heavy atom. The van der Waals surface area contributed by atoms with Crippen LogP contribution in [0.1, 0.15) is 64.4 Å². The first kappa shape index (κ1) is 43.3. The second-order valence-electron chi connectivity index (χ2n) is 14.9. The van der Waals surface area contributed by atoms with Crippen LogP contribution in [0.4, 0.5) is 34.9 Å². The molecular formula is C40H36N8O12S3. The van der Waals surface area contributed by atoms with Crippen LogP contribution in [0.5, 0.6) is 0 Å². The number of aryl methyl sites for hydroxylation is 1. The first-order valence-electron chi connectivity index (χ1n) is 19.0. The van der Waals surface area contributed by atoms with Crippen LogP contribution < -0.4 is 27.2 Å². The Labute approximate surface area is 362 Å². The van der Waals surface area contributed by atoms with Gasteiger partial charge in [-0.05, 0) is 73.6 Å². The minimum absolute atomic E-state index is 0.0178. The predicted molar refractivity (Wildman–Crippen MR) is 231 cm³/mol. The number of aromatic nitrogens is 4. The van der Waals surface area contributed by atoms with Crippen molar-refractivity contribution in [1.29, 1.82) is 0 Å². The third kappa shape index (κ3) is 8.47. The van der Waals surface area contributed by atoms with Gasteiger partial charge in [0, 0.05) is 35.2 Å². The van der Waals surface area contributed by atoms with E-state index in [1.165, 1.54) is 43.4 Å². The quantitative estimate of drug-likeness (QED) is 0.0224. The minimum Gasteiger partial charge on any atom is -0.368 e. The summed E-state index contributed by atoms with van der Waals surface area (Å²) in [5, 5.41) is 22.0. The fourth-order valence-corrected chi connectivity index (χ4v) is 9.61. The summed E-state index contributed by atoms with van der Waals surface area (Å²) in [5.41, 5.74) is 4.71. The molecule has 326 valence electrons. The molecule has 6 aromatic rings. The molecule has 2 heterocycles. The van der Waals surface area contributed by atoms with Crippen molar-refractivity contribution in [2.24, 2.45) is 13.0 Å². The summed E-state index contributed by atoms with van der Waals surface area (Å²) in [4.78, 5) is 54.6. The van der Waals surface area contributed by atoms with E-state index < -0.39 is 52.7 Å². The molecule has 2 aromatic heterocycles. The Morgan fingerprint density at radius 3 is 2.24 bits per heavy atom. The number of pyridine rings is 1. The van der Waals surface area contributed by atoms with Gasteiger partial charge in [0.1, 0.15) is 4.90 Å². The van der Waals surface area contributed by atoms with E-state index in [0.29, 0.717) is 18.0 Å². The minimum atomic E-state index is -5.09. The van der Waals surface area contributed by atoms with E-state index >= 15 is 0 Å². The highest BCUT2D eigenvalue weighted by Gasteiger charge is 2.35. The number of rotatable bonds is 13. The monoisotopic (exact) mass is 916 g/mol. The van der Waals surface area contributed by atoms with Gasteiger partial charge in [-0.3, -0.25) is 23.5 Å². The molecule has 0 spiro atoms. The Bertz CT molecular complexity index is 3170. The first-order chi connectivity index (χ1) is 29.9. The Morgan fingerprint density at radius 1 is 0.825 bits per heavy atom. The Kier molecular flexibility index (Phi) is 11.5. The molecule has 2 aliphatic rings. The molecule has 0 saturated heterocycles. The number of nitrogens with zero attached hydrogens (tertiary/aromatic N) is 4. The lowest BCUT2D eigenvalue weighted by molar-refractivity contribution is -0.432. The molecule has 63 heavy (non-hydrogen) atoms. The molecule has 8 rings (SSSR count). The maximum Gasteiger partial charge on any atom is 0.296 e. The normalized spacial score (nSPS) is 16.1. The number of ketones is 2. The molecule has 4 aromatic carbocycles. The van der Waals surface area contributed by atoms with Crippen LogP contribution in [0, 0.1) is 5.92 Å². The van der Waals surface area contributed by atoms with Crippen LogP contribution in [-0.2, 0) is 36.7 Å². The zero-order valence-electron chi connectivity index (χ0n) is 33.0. The molecule has 1 saturated carbocycles. The third-order valence-corrected chi connectivity index (χ3v) is 13.3. The summed E-state index contributed by atoms with van der Waals surface area (Å²) in [7, 11) is -8.46. The molecule has 20 nitrogen and oxygen atoms in total. The van der Waals surface area contributed by atoms with E-state index in [1.54, 1.807) is 18.2 Å². The van der Waals surface area contributed by atoms with E-state index in [1.807, 2.05) is 0 Å². The standard InChI is InChI=1S/C40H36N8O12S3/c1-19-10-12-21(13-11-19)42-39-45-38(41)46-40(47-39)44-26-17-27(30(63(56,57)58)18-29(26)61-60-59-52)43-25-14-15-28-33-31(23-8-3-4-9-24(23)36(50)32(25)33)34(37(51)48(28)2)35(49)20-6-5-7-22(16-20)62(53,54)55/h3-9,14-19,21,43,52H,10-13H2,1-2H3,(H,53,54,55)(H,56,57,58)(H4,41,42,44,45,46,47). The zero-order valence-corrected chi connectivity index (χ0v) is 35.5. The molecule has 1 fully saturated rings. The summed E-state index contributed by atoms with van der Waals surface area (Å²) in [6, 6.07) is 15.9. The highest BCUT2D eigenvalue weighted by molar-refractivity contribution is 7.94. The van der Waals surface area contributed by atoms with Crippen LogP contribution in [-0.4, -0.2) is 68.3 Å². The molecular weight excluding hydrogens is 881 g/mol. The van der Waals surface area contributed by atoms with Gasteiger partial charge in [-0.25, -0.2) is 5.26 Å². The molecule has 0 bridgehead atoms. The summed E-state index contributed by atoms with van der Waals surface area (Å²) in [5.74, 6) is -0.988. The number of fused-ring (bicyclic) bond motifs is 2. The van der Waals surface area contributed by atoms with E-state index in [0.717, 1.165) is 48.4 Å². The molecule has 0 unspecified atom stereocenters. The second-order valence-corrected chi connectivity index (χ2v) is 18.5. The number of hydrogen-bond donors (Lipinski definition) is 7. The number of carbonyl (C=O) groups is 2. The van der Waals surface area contributed by atoms with Gasteiger partial charge in [-0.2, -0.15) is 31.8 Å². The summed E-state index contributed by atoms with van der Waals surface area (Å²) < 4.78 is 76.1. The zero-order chi connectivity index (χ0) is 45.0. The SMILES string of the molecule is CC1CCC(Nc2nc(N)nc(Nc3cc(Nc4ccc5c6c4C(=O)c4ccccc4-c6c(C(=O)c4cccc(S(=O)(=O)O)c4)c(=O)n5C)c(S(=O)(=O)O)cc3SOOO)n2)CC1. The second kappa shape index (κ2) is 16.8. The topological polar surface area (TPSA) is 304 Å². The number of hydrogen-bond acceptors (Lipinski definition) is 18. The first-order valence-corrected chi connectivity index (χ1v) is 22.6. The fraction of sp³-hybridized carbons (Fsp3) is 0.200. The lowest BCUT2D eigenvalue weighted by Gasteiger charge is -2.27. The van der Waals surface area contributed by atoms with Gasteiger partial charge in [0.05, 0.1) is 55.5 Å². The summed E-state index contributed by atoms with van der Waals surface area (Å²) in [6.45, 7) is 2.18. The van der Waals surface area contributed by atoms with Crippen LogP contribution in [0.25, 0.3) is 22.0 Å². The van der Waals surface area contributed by atoms with Crippen molar-refractivity contribution in [2.75, 3.05) is 21.7 Å². The lowest BCUT2D eigenvalue weighted by Crippen LogP contribution is -2.29. The van der Waals surface area contributed by atoms with E-state index in [2.05, 4.69) is 47.2 Å². The lowest BCUT2D eigenvalue weighted by atomic mass is 9.80. The van der Waals surface area contributed by atoms with Crippen LogP contribution in [0.15, 0.2) is 92.3 Å². The van der Waals surface area contributed by atoms with Crippen LogP contribution >= 0.6 is 12.0 Å². The maximum atomic E-state index is 14.6. The van der Waals surface area contributed by atoms with E-state index in [-0.39, 0.29) is 84.6 Å². The van der Waals surface area contributed by atoms with Crippen LogP contribution in [0.3, 0.4) is 0 Å². The van der Waals surface area contributed by atoms with Crippen molar-refractivity contribution in [3.63, 3.8) is 0 Å². The fourth-order valence-electron chi connectivity index (χ4n) is 7.89. The molecule has 0 atom stereocenters. The number of nitrogen functional groups attached to an aromatic ring is 1. The smallest absolute Gasteiger partial charge is 0.296 e. The molecule has 0 radical (unpaired) electrons. The summed E-state index contributed by atoms with van der Waals surface area (Å²) >= 11 is 0.348. The molecule has 8 N–H and O–H groups in total. The highest BCUT2D eigenvalue weighted by Crippen LogP contribution is 2.45. The maximum absolute atomic E-state index is 14.6. The average molecular weight is 917 g/mol. The van der Waals surface area contributed by atoms with Gasteiger partial charge >= 0.3 is 0 Å². The largest absolute Gasteiger partial charge is 0.368 e. The van der Waals surface area contributed by atoms with Gasteiger partial charge < -0.3 is 26.3 Å². The molecule has 0 aliphatic heterocycles. The van der Waals surface area contributed by atoms with Gasteiger partial charge in [0.25, 0.3) is 25.8 Å². The van der Waals surface area contributed by atoms with Gasteiger partial charge in [0.2, 0.25) is 17.8 Å². The van der Waals surface area contributed by atoms with E-state index in [4.69, 9.17) is 11.0 Å². The number of carbonyl (C=O) groups excluding carboxylic acids is 2. The van der Waals surface area contributed by atoms with Crippen molar-refractivity contribution in [1.82, 2.24) is 19.5 Å². The third-order valence-electron chi connectivity index (χ3n) is 10.9. The van der Waals surface area contributed by atoms with Crippen molar-refractivity contribution in [3.8, 4) is 11.1 Å². The Balaban J connectivity index is 1.29. The predicted octanol–water partition coefficient (Wildman–Crippen LogP) is 6.15. The average Bonchev–Trinajstić information content (AvgIpc) is 3.23. The molecule has 2 aliphatic carbocycles. The Hall–Kier alpha value is -6.31. The van der Waals surface area contributed by atoms with E-state index in [9.17, 15) is 40.3 Å². The number of nitrogens with one attached hydrogen (secondary N) is 3. The van der Waals surface area contributed by atoms with Gasteiger partial charge in [0.15, 0.2) is 11.6 Å². The molecule has 23 heteroatoms. The highest BCUT2D eigenvalue weighted by atomic mass is 32.2. The van der Waals surface area contributed by atoms with Gasteiger partial charge in [-0.1, -0.05) is 48.4 Å². The van der Waals surface area contributed by atoms with Gasteiger partial charge in [-0.15, -0.1) is 4.33 Å². The van der Waals surface area contributed by atoms with Crippen molar-refractivity contribution >= 4 is 89.7 Å². The number of benzene rings is 4. The number of nitrogens with two attached hydrogens (primary N) is 1. The van der Waals surface area contributed by atoms with Crippen molar-refractivity contribution in [2.45, 2.75) is 53.3 Å². The van der Waals surface area contributed by atoms with Crippen molar-refractivity contribution < 1.29 is 50.2 Å². The summed E-state index contributed by atoms with van der Waals surface area (Å²) in [6.07, 6.45) is 3.78. The van der Waals surface area contributed by atoms with Crippen molar-refractivity contribution in [3.05, 3.63) is 105 Å². The molecule has 0 amide bonds. The number of anilines is 6.